The van der Waals surface area contributed by atoms with Gasteiger partial charge in [0.25, 0.3) is 11.8 Å². The number of amides is 2. The molecule has 6 heteroatoms. The topological polar surface area (TPSA) is 71.1 Å². The molecule has 0 bridgehead atoms. The minimum atomic E-state index is -0.308. The monoisotopic (exact) mass is 393 g/mol. The first-order valence-corrected chi connectivity index (χ1v) is 9.17. The number of aryl methyl sites for hydroxylation is 2. The lowest BCUT2D eigenvalue weighted by Crippen LogP contribution is -2.23. The molecule has 0 aliphatic heterocycles. The summed E-state index contributed by atoms with van der Waals surface area (Å²) in [5.41, 5.74) is 4.28. The van der Waals surface area contributed by atoms with Crippen molar-refractivity contribution >= 4 is 29.1 Å². The molecule has 0 spiro atoms. The number of rotatable bonds is 5. The van der Waals surface area contributed by atoms with E-state index in [-0.39, 0.29) is 11.8 Å². The Morgan fingerprint density at radius 3 is 2.18 bits per heavy atom. The van der Waals surface area contributed by atoms with E-state index in [9.17, 15) is 9.59 Å². The number of carbonyl (C=O) groups excluding carboxylic acids is 2. The molecule has 2 N–H and O–H groups in total. The van der Waals surface area contributed by atoms with Crippen molar-refractivity contribution < 1.29 is 9.59 Å². The average molecular weight is 394 g/mol. The number of hydrogen-bond acceptors (Lipinski definition) is 3. The zero-order valence-corrected chi connectivity index (χ0v) is 16.4. The molecule has 0 unspecified atom stereocenters. The summed E-state index contributed by atoms with van der Waals surface area (Å²) >= 11 is 5.86. The molecule has 3 rings (SSSR count). The third-order valence-electron chi connectivity index (χ3n) is 4.35. The molecule has 0 saturated carbocycles. The first-order chi connectivity index (χ1) is 13.4. The maximum Gasteiger partial charge on any atom is 0.257 e. The van der Waals surface area contributed by atoms with E-state index in [1.165, 1.54) is 18.5 Å². The van der Waals surface area contributed by atoms with Gasteiger partial charge < -0.3 is 10.6 Å². The van der Waals surface area contributed by atoms with Gasteiger partial charge in [-0.2, -0.15) is 0 Å². The maximum atomic E-state index is 12.6. The molecule has 3 aromatic rings. The van der Waals surface area contributed by atoms with Gasteiger partial charge in [0.1, 0.15) is 0 Å². The molecule has 0 atom stereocenters. The van der Waals surface area contributed by atoms with Gasteiger partial charge in [-0.3, -0.25) is 14.6 Å². The van der Waals surface area contributed by atoms with Gasteiger partial charge in [0.15, 0.2) is 0 Å². The van der Waals surface area contributed by atoms with Crippen LogP contribution in [0.2, 0.25) is 5.02 Å². The van der Waals surface area contributed by atoms with Crippen molar-refractivity contribution in [3.8, 4) is 0 Å². The van der Waals surface area contributed by atoms with E-state index >= 15 is 0 Å². The van der Waals surface area contributed by atoms with E-state index in [1.807, 2.05) is 44.2 Å². The van der Waals surface area contributed by atoms with E-state index in [1.54, 1.807) is 12.1 Å². The maximum absolute atomic E-state index is 12.6. The molecule has 5 nitrogen and oxygen atoms in total. The van der Waals surface area contributed by atoms with E-state index in [2.05, 4.69) is 15.6 Å². The third kappa shape index (κ3) is 4.75. The zero-order valence-electron chi connectivity index (χ0n) is 15.6. The quantitative estimate of drug-likeness (QED) is 0.668. The number of aromatic nitrogens is 1. The van der Waals surface area contributed by atoms with Gasteiger partial charge in [-0.05, 0) is 48.7 Å². The van der Waals surface area contributed by atoms with Crippen molar-refractivity contribution in [2.75, 3.05) is 5.32 Å². The Balaban J connectivity index is 1.69. The van der Waals surface area contributed by atoms with Gasteiger partial charge in [0.05, 0.1) is 11.1 Å². The molecular formula is C22H20ClN3O2. The minimum Gasteiger partial charge on any atom is -0.348 e. The van der Waals surface area contributed by atoms with Crippen LogP contribution in [0.15, 0.2) is 60.9 Å². The molecule has 0 saturated heterocycles. The number of hydrogen-bond donors (Lipinski definition) is 2. The van der Waals surface area contributed by atoms with Crippen LogP contribution in [0.3, 0.4) is 0 Å². The van der Waals surface area contributed by atoms with Crippen LogP contribution in [0.25, 0.3) is 0 Å². The lowest BCUT2D eigenvalue weighted by molar-refractivity contribution is 0.0950. The number of nitrogens with zero attached hydrogens (tertiary/aromatic N) is 1. The van der Waals surface area contributed by atoms with Crippen molar-refractivity contribution in [3.05, 3.63) is 93.8 Å². The summed E-state index contributed by atoms with van der Waals surface area (Å²) in [4.78, 5) is 29.1. The second kappa shape index (κ2) is 8.67. The summed E-state index contributed by atoms with van der Waals surface area (Å²) in [6, 6.07) is 14.6. The smallest absolute Gasteiger partial charge is 0.257 e. The highest BCUT2D eigenvalue weighted by Gasteiger charge is 2.13. The zero-order chi connectivity index (χ0) is 20.1. The Labute approximate surface area is 168 Å². The van der Waals surface area contributed by atoms with Crippen molar-refractivity contribution in [2.24, 2.45) is 0 Å². The standard InChI is InChI=1S/C22H20ClN3O2/c1-14-4-3-5-15(2)20(14)26-22(28)18-10-17(12-24-13-18)21(27)25-11-16-6-8-19(23)9-7-16/h3-10,12-13H,11H2,1-2H3,(H,25,27)(H,26,28). The van der Waals surface area contributed by atoms with Gasteiger partial charge >= 0.3 is 0 Å². The van der Waals surface area contributed by atoms with Crippen LogP contribution in [0.4, 0.5) is 5.69 Å². The number of carbonyl (C=O) groups is 2. The highest BCUT2D eigenvalue weighted by atomic mass is 35.5. The molecule has 1 aromatic heterocycles. The molecule has 0 radical (unpaired) electrons. The van der Waals surface area contributed by atoms with Crippen LogP contribution in [0.5, 0.6) is 0 Å². The van der Waals surface area contributed by atoms with E-state index in [0.717, 1.165) is 22.4 Å². The second-order valence-corrected chi connectivity index (χ2v) is 6.93. The summed E-state index contributed by atoms with van der Waals surface area (Å²) in [5, 5.41) is 6.36. The summed E-state index contributed by atoms with van der Waals surface area (Å²) in [5.74, 6) is -0.610. The number of pyridine rings is 1. The Morgan fingerprint density at radius 1 is 0.929 bits per heavy atom. The molecule has 142 valence electrons. The van der Waals surface area contributed by atoms with Crippen molar-refractivity contribution in [3.63, 3.8) is 0 Å². The second-order valence-electron chi connectivity index (χ2n) is 6.49. The van der Waals surface area contributed by atoms with Crippen LogP contribution >= 0.6 is 11.6 Å². The van der Waals surface area contributed by atoms with Crippen molar-refractivity contribution in [1.82, 2.24) is 10.3 Å². The van der Waals surface area contributed by atoms with E-state index in [0.29, 0.717) is 22.7 Å². The van der Waals surface area contributed by atoms with Gasteiger partial charge in [-0.15, -0.1) is 0 Å². The number of benzene rings is 2. The third-order valence-corrected chi connectivity index (χ3v) is 4.60. The van der Waals surface area contributed by atoms with Crippen molar-refractivity contribution in [1.29, 1.82) is 0 Å². The van der Waals surface area contributed by atoms with Crippen LogP contribution in [-0.2, 0) is 6.54 Å². The van der Waals surface area contributed by atoms with Crippen LogP contribution < -0.4 is 10.6 Å². The highest BCUT2D eigenvalue weighted by Crippen LogP contribution is 2.20. The fraction of sp³-hybridized carbons (Fsp3) is 0.136. The molecule has 0 aliphatic rings. The van der Waals surface area contributed by atoms with Gasteiger partial charge in [-0.25, -0.2) is 0 Å². The molecule has 0 fully saturated rings. The largest absolute Gasteiger partial charge is 0.348 e. The first-order valence-electron chi connectivity index (χ1n) is 8.79. The molecular weight excluding hydrogens is 374 g/mol. The summed E-state index contributed by atoms with van der Waals surface area (Å²) in [6.07, 6.45) is 2.88. The SMILES string of the molecule is Cc1cccc(C)c1NC(=O)c1cncc(C(=O)NCc2ccc(Cl)cc2)c1. The van der Waals surface area contributed by atoms with Gasteiger partial charge in [0, 0.05) is 29.6 Å². The molecule has 2 amide bonds. The fourth-order valence-corrected chi connectivity index (χ4v) is 2.90. The minimum absolute atomic E-state index is 0.302. The number of halogens is 1. The van der Waals surface area contributed by atoms with Crippen LogP contribution in [0, 0.1) is 13.8 Å². The van der Waals surface area contributed by atoms with Gasteiger partial charge in [0.2, 0.25) is 0 Å². The highest BCUT2D eigenvalue weighted by molar-refractivity contribution is 6.30. The van der Waals surface area contributed by atoms with E-state index < -0.39 is 0 Å². The normalized spacial score (nSPS) is 10.4. The Morgan fingerprint density at radius 2 is 1.54 bits per heavy atom. The molecule has 0 aliphatic carbocycles. The fourth-order valence-electron chi connectivity index (χ4n) is 2.77. The predicted octanol–water partition coefficient (Wildman–Crippen LogP) is 4.53. The van der Waals surface area contributed by atoms with Crippen LogP contribution in [-0.4, -0.2) is 16.8 Å². The molecule has 2 aromatic carbocycles. The number of anilines is 1. The average Bonchev–Trinajstić information content (AvgIpc) is 2.70. The molecule has 28 heavy (non-hydrogen) atoms. The van der Waals surface area contributed by atoms with Gasteiger partial charge in [-0.1, -0.05) is 41.9 Å². The summed E-state index contributed by atoms with van der Waals surface area (Å²) in [7, 11) is 0. The Kier molecular flexibility index (Phi) is 6.06. The van der Waals surface area contributed by atoms with E-state index in [4.69, 9.17) is 11.6 Å². The first kappa shape index (κ1) is 19.6. The lowest BCUT2D eigenvalue weighted by atomic mass is 10.1. The Bertz CT molecular complexity index is 996. The summed E-state index contributed by atoms with van der Waals surface area (Å²) in [6.45, 7) is 4.22. The molecule has 1 heterocycles. The summed E-state index contributed by atoms with van der Waals surface area (Å²) < 4.78 is 0. The van der Waals surface area contributed by atoms with Crippen LogP contribution in [0.1, 0.15) is 37.4 Å². The lowest BCUT2D eigenvalue weighted by Gasteiger charge is -2.12. The van der Waals surface area contributed by atoms with Crippen molar-refractivity contribution in [2.45, 2.75) is 20.4 Å². The Hall–Kier alpha value is -3.18. The number of nitrogens with one attached hydrogen (secondary N) is 2. The number of para-hydroxylation sites is 1. The predicted molar refractivity (Wildman–Crippen MR) is 111 cm³/mol.